The number of rotatable bonds is 9. The summed E-state index contributed by atoms with van der Waals surface area (Å²) in [6.45, 7) is 9.46. The second-order valence-electron chi connectivity index (χ2n) is 15.6. The molecular weight excluding hydrogens is 660 g/mol. The van der Waals surface area contributed by atoms with E-state index in [4.69, 9.17) is 14.2 Å². The van der Waals surface area contributed by atoms with Crippen molar-refractivity contribution < 1.29 is 38.8 Å². The molecule has 50 heavy (non-hydrogen) atoms. The number of Topliss-reactive ketones (excluding diaryl/α,β-unsaturated/α-hetero) is 1. The predicted molar refractivity (Wildman–Crippen MR) is 182 cm³/mol. The van der Waals surface area contributed by atoms with E-state index in [9.17, 15) is 24.6 Å². The standard InChI is InChI=1S/C37H44N4O8S/c1-20-24-16-25(42)29-36-12-5-11-35(2,3)27(36)17-28(37(29,30(20)43)31(24)44)49-33(36)48-14-6-13-40-18-22(38-39-40)19-41-32(45)26(50-34(41)46)15-21-7-9-23(47-4)10-8-21/h7-10,15,18,24-25,27-29,31,33,42,44H,1,5-6,11-14,16-17,19H2,2-4H3/b26-15-/t24-,25-,27+,28+,29-,31+,33-,36-,37+/m0/s1. The van der Waals surface area contributed by atoms with Gasteiger partial charge >= 0.3 is 0 Å². The van der Waals surface area contributed by atoms with E-state index in [2.05, 4.69) is 30.7 Å². The van der Waals surface area contributed by atoms with Gasteiger partial charge in [0.1, 0.15) is 11.4 Å². The van der Waals surface area contributed by atoms with Gasteiger partial charge in [0, 0.05) is 23.8 Å². The van der Waals surface area contributed by atoms with Crippen LogP contribution >= 0.6 is 11.8 Å². The van der Waals surface area contributed by atoms with Gasteiger partial charge in [0.15, 0.2) is 12.1 Å². The first-order chi connectivity index (χ1) is 23.9. The minimum atomic E-state index is -1.18. The van der Waals surface area contributed by atoms with E-state index in [-0.39, 0.29) is 34.8 Å². The van der Waals surface area contributed by atoms with E-state index in [0.29, 0.717) is 54.3 Å². The molecule has 3 aliphatic heterocycles. The molecule has 12 nitrogen and oxygen atoms in total. The molecular formula is C37H44N4O8S. The van der Waals surface area contributed by atoms with E-state index in [1.165, 1.54) is 4.90 Å². The number of thioether (sulfide) groups is 1. The zero-order chi connectivity index (χ0) is 35.2. The van der Waals surface area contributed by atoms with E-state index in [1.807, 2.05) is 12.1 Å². The number of aliphatic hydroxyl groups excluding tert-OH is 2. The lowest BCUT2D eigenvalue weighted by atomic mass is 9.37. The fourth-order valence-electron chi connectivity index (χ4n) is 10.7. The van der Waals surface area contributed by atoms with E-state index in [0.717, 1.165) is 36.6 Å². The summed E-state index contributed by atoms with van der Waals surface area (Å²) in [5.41, 5.74) is -0.125. The molecule has 0 unspecified atom stereocenters. The van der Waals surface area contributed by atoms with Crippen LogP contribution in [0.5, 0.6) is 5.75 Å². The highest BCUT2D eigenvalue weighted by molar-refractivity contribution is 8.18. The molecule has 9 rings (SSSR count). The molecule has 4 heterocycles. The van der Waals surface area contributed by atoms with Gasteiger partial charge in [-0.1, -0.05) is 44.2 Å². The van der Waals surface area contributed by atoms with Gasteiger partial charge < -0.3 is 24.4 Å². The lowest BCUT2D eigenvalue weighted by Crippen LogP contribution is -2.78. The van der Waals surface area contributed by atoms with E-state index < -0.39 is 47.3 Å². The number of fused-ring (bicyclic) bond motifs is 2. The average molecular weight is 705 g/mol. The highest BCUT2D eigenvalue weighted by atomic mass is 32.2. The fourth-order valence-corrected chi connectivity index (χ4v) is 11.5. The van der Waals surface area contributed by atoms with Crippen molar-refractivity contribution in [1.29, 1.82) is 0 Å². The number of aryl methyl sites for hydroxylation is 1. The van der Waals surface area contributed by atoms with Crippen LogP contribution in [0.4, 0.5) is 4.79 Å². The van der Waals surface area contributed by atoms with Crippen molar-refractivity contribution in [2.75, 3.05) is 13.7 Å². The summed E-state index contributed by atoms with van der Waals surface area (Å²) in [6.07, 6.45) is 4.88. The van der Waals surface area contributed by atoms with E-state index in [1.54, 1.807) is 36.2 Å². The Morgan fingerprint density at radius 3 is 2.68 bits per heavy atom. The van der Waals surface area contributed by atoms with Crippen LogP contribution in [0.3, 0.4) is 0 Å². The number of benzene rings is 1. The van der Waals surface area contributed by atoms with Crippen LogP contribution in [-0.4, -0.2) is 85.4 Å². The first kappa shape index (κ1) is 33.8. The third-order valence-electron chi connectivity index (χ3n) is 12.7. The topological polar surface area (TPSA) is 153 Å². The Balaban J connectivity index is 0.930. The highest BCUT2D eigenvalue weighted by Crippen LogP contribution is 2.75. The van der Waals surface area contributed by atoms with Crippen LogP contribution in [0, 0.1) is 34.0 Å². The summed E-state index contributed by atoms with van der Waals surface area (Å²) < 4.78 is 20.1. The summed E-state index contributed by atoms with van der Waals surface area (Å²) in [7, 11) is 1.58. The predicted octanol–water partition coefficient (Wildman–Crippen LogP) is 4.35. The Morgan fingerprint density at radius 1 is 1.14 bits per heavy atom. The largest absolute Gasteiger partial charge is 0.497 e. The first-order valence-corrected chi connectivity index (χ1v) is 18.4. The number of nitrogens with zero attached hydrogens (tertiary/aromatic N) is 4. The maximum atomic E-state index is 13.9. The molecule has 4 bridgehead atoms. The zero-order valence-electron chi connectivity index (χ0n) is 28.6. The van der Waals surface area contributed by atoms with Crippen molar-refractivity contribution in [3.05, 3.63) is 58.8 Å². The van der Waals surface area contributed by atoms with Crippen molar-refractivity contribution in [3.8, 4) is 5.75 Å². The van der Waals surface area contributed by atoms with Crippen LogP contribution in [0.2, 0.25) is 0 Å². The Hall–Kier alpha value is -3.36. The maximum absolute atomic E-state index is 13.9. The summed E-state index contributed by atoms with van der Waals surface area (Å²) in [5.74, 6) is -0.539. The minimum absolute atomic E-state index is 0.0153. The van der Waals surface area contributed by atoms with Gasteiger partial charge in [0.2, 0.25) is 0 Å². The van der Waals surface area contributed by atoms with Crippen molar-refractivity contribution in [2.45, 2.75) is 90.1 Å². The lowest BCUT2D eigenvalue weighted by Gasteiger charge is -2.72. The Labute approximate surface area is 295 Å². The molecule has 1 aromatic carbocycles. The highest BCUT2D eigenvalue weighted by Gasteiger charge is 2.81. The van der Waals surface area contributed by atoms with Gasteiger partial charge in [-0.05, 0) is 84.5 Å². The average Bonchev–Trinajstić information content (AvgIpc) is 3.68. The SMILES string of the molecule is C=C1C(=O)[C@]23[C@H](O)[C@H]1C[C@H](O)[C@H]2[C@]12CCCC(C)(C)[C@H]1C[C@H]3O[C@@H]2OCCCn1cc(CN2C(=O)S/C(=C\c3ccc(OC)cc3)C2=O)nn1. The summed E-state index contributed by atoms with van der Waals surface area (Å²) >= 11 is 0.897. The van der Waals surface area contributed by atoms with Crippen molar-refractivity contribution in [3.63, 3.8) is 0 Å². The number of amides is 2. The molecule has 7 fully saturated rings. The minimum Gasteiger partial charge on any atom is -0.497 e. The van der Waals surface area contributed by atoms with Gasteiger partial charge in [-0.3, -0.25) is 24.0 Å². The van der Waals surface area contributed by atoms with Gasteiger partial charge in [-0.15, -0.1) is 5.10 Å². The molecule has 4 aliphatic carbocycles. The molecule has 0 radical (unpaired) electrons. The number of ketones is 1. The van der Waals surface area contributed by atoms with Gasteiger partial charge in [0.25, 0.3) is 11.1 Å². The molecule has 4 saturated carbocycles. The van der Waals surface area contributed by atoms with Gasteiger partial charge in [-0.2, -0.15) is 0 Å². The lowest BCUT2D eigenvalue weighted by molar-refractivity contribution is -0.402. The molecule has 3 saturated heterocycles. The number of ether oxygens (including phenoxy) is 3. The monoisotopic (exact) mass is 704 g/mol. The number of imide groups is 1. The van der Waals surface area contributed by atoms with Crippen LogP contribution in [0.15, 0.2) is 47.5 Å². The molecule has 13 heteroatoms. The summed E-state index contributed by atoms with van der Waals surface area (Å²) in [5, 5.41) is 31.5. The number of carbonyl (C=O) groups excluding carboxylic acids is 3. The number of carbonyl (C=O) groups is 3. The Bertz CT molecular complexity index is 1770. The molecule has 2 aromatic rings. The van der Waals surface area contributed by atoms with Crippen LogP contribution in [0.1, 0.15) is 63.6 Å². The molecule has 7 aliphatic rings. The van der Waals surface area contributed by atoms with Crippen molar-refractivity contribution in [2.24, 2.45) is 34.0 Å². The Morgan fingerprint density at radius 2 is 1.92 bits per heavy atom. The smallest absolute Gasteiger partial charge is 0.293 e. The van der Waals surface area contributed by atoms with Crippen LogP contribution in [-0.2, 0) is 32.2 Å². The molecule has 266 valence electrons. The zero-order valence-corrected chi connectivity index (χ0v) is 29.4. The summed E-state index contributed by atoms with van der Waals surface area (Å²) in [6, 6.07) is 7.23. The molecule has 2 amide bonds. The number of hydrogen-bond acceptors (Lipinski definition) is 11. The van der Waals surface area contributed by atoms with Crippen LogP contribution in [0.25, 0.3) is 6.08 Å². The number of aliphatic hydroxyl groups is 2. The molecule has 9 atom stereocenters. The van der Waals surface area contributed by atoms with Crippen molar-refractivity contribution >= 4 is 34.8 Å². The molecule has 1 aromatic heterocycles. The molecule has 2 N–H and O–H groups in total. The van der Waals surface area contributed by atoms with Crippen molar-refractivity contribution in [1.82, 2.24) is 19.9 Å². The number of aromatic nitrogens is 3. The maximum Gasteiger partial charge on any atom is 0.293 e. The van der Waals surface area contributed by atoms with E-state index >= 15 is 0 Å². The quantitative estimate of drug-likeness (QED) is 0.283. The molecule has 2 spiro atoms. The van der Waals surface area contributed by atoms with Crippen LogP contribution < -0.4 is 4.74 Å². The second kappa shape index (κ2) is 12.1. The first-order valence-electron chi connectivity index (χ1n) is 17.6. The third-order valence-corrected chi connectivity index (χ3v) is 13.6. The second-order valence-corrected chi connectivity index (χ2v) is 16.6. The fraction of sp³-hybridized carbons (Fsp3) is 0.595. The summed E-state index contributed by atoms with van der Waals surface area (Å²) in [4.78, 5) is 41.3. The normalized spacial score (nSPS) is 37.8. The number of hydrogen-bond donors (Lipinski definition) is 2. The van der Waals surface area contributed by atoms with Gasteiger partial charge in [-0.25, -0.2) is 0 Å². The third kappa shape index (κ3) is 4.83. The number of methoxy groups -OCH3 is 1. The Kier molecular flexibility index (Phi) is 8.18. The van der Waals surface area contributed by atoms with Gasteiger partial charge in [0.05, 0.1) is 55.1 Å².